The minimum Gasteiger partial charge on any atom is -0.497 e. The van der Waals surface area contributed by atoms with Crippen molar-refractivity contribution in [1.82, 2.24) is 0 Å². The third kappa shape index (κ3) is 3.63. The van der Waals surface area contributed by atoms with Gasteiger partial charge in [0.05, 0.1) is 14.2 Å². The van der Waals surface area contributed by atoms with E-state index in [4.69, 9.17) is 15.2 Å². The van der Waals surface area contributed by atoms with Crippen LogP contribution >= 0.6 is 0 Å². The number of methoxy groups -OCH3 is 2. The molecule has 1 unspecified atom stereocenters. The number of hydrogen-bond donors (Lipinski definition) is 1. The van der Waals surface area contributed by atoms with Crippen molar-refractivity contribution in [3.63, 3.8) is 0 Å². The molecule has 3 nitrogen and oxygen atoms in total. The third-order valence-corrected chi connectivity index (χ3v) is 3.47. The van der Waals surface area contributed by atoms with E-state index in [1.165, 1.54) is 11.1 Å². The van der Waals surface area contributed by atoms with Gasteiger partial charge in [-0.05, 0) is 36.4 Å². The Morgan fingerprint density at radius 2 is 1.79 bits per heavy atom. The average molecular weight is 265 g/mol. The van der Waals surface area contributed by atoms with Gasteiger partial charge in [0, 0.05) is 11.1 Å². The van der Waals surface area contributed by atoms with Crippen molar-refractivity contribution in [2.24, 2.45) is 5.73 Å². The fourth-order valence-corrected chi connectivity index (χ4v) is 2.30. The van der Waals surface area contributed by atoms with Crippen molar-refractivity contribution >= 4 is 0 Å². The lowest BCUT2D eigenvalue weighted by Crippen LogP contribution is -2.15. The summed E-state index contributed by atoms with van der Waals surface area (Å²) in [4.78, 5) is 0. The fraction of sp³-hybridized carbons (Fsp3) is 0.625. The van der Waals surface area contributed by atoms with Crippen molar-refractivity contribution in [2.75, 3.05) is 20.8 Å². The van der Waals surface area contributed by atoms with E-state index in [-0.39, 0.29) is 5.41 Å². The predicted octanol–water partition coefficient (Wildman–Crippen LogP) is 3.45. The average Bonchev–Trinajstić information content (AvgIpc) is 2.36. The van der Waals surface area contributed by atoms with E-state index >= 15 is 0 Å². The van der Waals surface area contributed by atoms with Gasteiger partial charge in [-0.15, -0.1) is 0 Å². The number of ether oxygens (including phenoxy) is 2. The van der Waals surface area contributed by atoms with E-state index in [0.717, 1.165) is 17.9 Å². The molecule has 19 heavy (non-hydrogen) atoms. The zero-order chi connectivity index (χ0) is 14.6. The van der Waals surface area contributed by atoms with Gasteiger partial charge in [-0.25, -0.2) is 0 Å². The molecule has 108 valence electrons. The summed E-state index contributed by atoms with van der Waals surface area (Å²) in [5.74, 6) is 2.20. The molecule has 0 aromatic heterocycles. The monoisotopic (exact) mass is 265 g/mol. The topological polar surface area (TPSA) is 44.5 Å². The highest BCUT2D eigenvalue weighted by Crippen LogP contribution is 2.41. The molecule has 0 spiro atoms. The Hall–Kier alpha value is -1.22. The zero-order valence-corrected chi connectivity index (χ0v) is 13.0. The number of hydrogen-bond acceptors (Lipinski definition) is 3. The predicted molar refractivity (Wildman–Crippen MR) is 80.3 cm³/mol. The summed E-state index contributed by atoms with van der Waals surface area (Å²) in [6.07, 6.45) is 0.938. The minimum atomic E-state index is 0.0110. The van der Waals surface area contributed by atoms with Crippen LogP contribution in [-0.2, 0) is 5.41 Å². The highest BCUT2D eigenvalue weighted by Gasteiger charge is 2.24. The zero-order valence-electron chi connectivity index (χ0n) is 13.0. The lowest BCUT2D eigenvalue weighted by molar-refractivity contribution is 0.379. The summed E-state index contributed by atoms with van der Waals surface area (Å²) < 4.78 is 11.1. The van der Waals surface area contributed by atoms with E-state index in [0.29, 0.717) is 12.5 Å². The standard InChI is InChI=1S/C16H27NO2/c1-11(7-8-17)13-9-12(18-5)10-14(15(13)19-6)16(2,3)4/h9-11H,7-8,17H2,1-6H3. The molecule has 0 aliphatic rings. The smallest absolute Gasteiger partial charge is 0.126 e. The van der Waals surface area contributed by atoms with Crippen LogP contribution in [0.2, 0.25) is 0 Å². The molecule has 0 aliphatic carbocycles. The van der Waals surface area contributed by atoms with Crippen LogP contribution in [0.3, 0.4) is 0 Å². The first kappa shape index (κ1) is 15.8. The van der Waals surface area contributed by atoms with Crippen LogP contribution in [0.4, 0.5) is 0 Å². The quantitative estimate of drug-likeness (QED) is 0.886. The molecule has 0 radical (unpaired) electrons. The van der Waals surface area contributed by atoms with Gasteiger partial charge in [-0.2, -0.15) is 0 Å². The lowest BCUT2D eigenvalue weighted by Gasteiger charge is -2.26. The molecule has 0 fully saturated rings. The maximum Gasteiger partial charge on any atom is 0.126 e. The first-order valence-electron chi connectivity index (χ1n) is 6.81. The second-order valence-corrected chi connectivity index (χ2v) is 6.03. The summed E-state index contributed by atoms with van der Waals surface area (Å²) in [5.41, 5.74) is 8.04. The van der Waals surface area contributed by atoms with Crippen LogP contribution in [0.25, 0.3) is 0 Å². The Balaban J connectivity index is 3.43. The molecule has 1 aromatic carbocycles. The fourth-order valence-electron chi connectivity index (χ4n) is 2.30. The van der Waals surface area contributed by atoms with Gasteiger partial charge < -0.3 is 15.2 Å². The van der Waals surface area contributed by atoms with Gasteiger partial charge in [0.1, 0.15) is 11.5 Å². The number of rotatable bonds is 5. The van der Waals surface area contributed by atoms with E-state index < -0.39 is 0 Å². The summed E-state index contributed by atoms with van der Waals surface area (Å²) in [6.45, 7) is 9.40. The summed E-state index contributed by atoms with van der Waals surface area (Å²) in [6, 6.07) is 4.13. The second kappa shape index (κ2) is 6.29. The van der Waals surface area contributed by atoms with Crippen LogP contribution < -0.4 is 15.2 Å². The maximum absolute atomic E-state index is 5.68. The maximum atomic E-state index is 5.68. The highest BCUT2D eigenvalue weighted by molar-refractivity contribution is 5.51. The second-order valence-electron chi connectivity index (χ2n) is 6.03. The molecule has 2 N–H and O–H groups in total. The van der Waals surface area contributed by atoms with Crippen molar-refractivity contribution in [3.8, 4) is 11.5 Å². The van der Waals surface area contributed by atoms with Gasteiger partial charge in [0.15, 0.2) is 0 Å². The van der Waals surface area contributed by atoms with Gasteiger partial charge >= 0.3 is 0 Å². The summed E-state index contributed by atoms with van der Waals surface area (Å²) >= 11 is 0. The molecule has 0 aliphatic heterocycles. The minimum absolute atomic E-state index is 0.0110. The van der Waals surface area contributed by atoms with Crippen LogP contribution in [0.1, 0.15) is 51.2 Å². The molecule has 3 heteroatoms. The normalized spacial score (nSPS) is 13.2. The SMILES string of the molecule is COc1cc(C(C)CCN)c(OC)c(C(C)(C)C)c1. The molecule has 1 rings (SSSR count). The van der Waals surface area contributed by atoms with Crippen LogP contribution in [-0.4, -0.2) is 20.8 Å². The first-order valence-corrected chi connectivity index (χ1v) is 6.81. The molecular weight excluding hydrogens is 238 g/mol. The van der Waals surface area contributed by atoms with Crippen molar-refractivity contribution < 1.29 is 9.47 Å². The molecule has 0 bridgehead atoms. The molecule has 0 amide bonds. The molecule has 1 aromatic rings. The molecule has 1 atom stereocenters. The van der Waals surface area contributed by atoms with Crippen LogP contribution in [0, 0.1) is 0 Å². The summed E-state index contributed by atoms with van der Waals surface area (Å²) in [5, 5.41) is 0. The Labute approximate surface area is 117 Å². The summed E-state index contributed by atoms with van der Waals surface area (Å²) in [7, 11) is 3.43. The molecular formula is C16H27NO2. The third-order valence-electron chi connectivity index (χ3n) is 3.47. The molecule has 0 saturated carbocycles. The van der Waals surface area contributed by atoms with Gasteiger partial charge in [-0.3, -0.25) is 0 Å². The van der Waals surface area contributed by atoms with Gasteiger partial charge in [0.2, 0.25) is 0 Å². The number of nitrogens with two attached hydrogens (primary N) is 1. The molecule has 0 saturated heterocycles. The Bertz CT molecular complexity index is 421. The lowest BCUT2D eigenvalue weighted by atomic mass is 9.82. The number of benzene rings is 1. The first-order chi connectivity index (χ1) is 8.85. The van der Waals surface area contributed by atoms with E-state index in [9.17, 15) is 0 Å². The van der Waals surface area contributed by atoms with Crippen molar-refractivity contribution in [1.29, 1.82) is 0 Å². The van der Waals surface area contributed by atoms with E-state index in [1.54, 1.807) is 14.2 Å². The van der Waals surface area contributed by atoms with Gasteiger partial charge in [-0.1, -0.05) is 27.7 Å². The van der Waals surface area contributed by atoms with E-state index in [1.807, 2.05) is 0 Å². The Morgan fingerprint density at radius 1 is 1.16 bits per heavy atom. The largest absolute Gasteiger partial charge is 0.497 e. The highest BCUT2D eigenvalue weighted by atomic mass is 16.5. The van der Waals surface area contributed by atoms with Crippen molar-refractivity contribution in [2.45, 2.75) is 45.4 Å². The molecule has 0 heterocycles. The van der Waals surface area contributed by atoms with Crippen molar-refractivity contribution in [3.05, 3.63) is 23.3 Å². The van der Waals surface area contributed by atoms with Crippen LogP contribution in [0.15, 0.2) is 12.1 Å². The Morgan fingerprint density at radius 3 is 2.21 bits per heavy atom. The van der Waals surface area contributed by atoms with Gasteiger partial charge in [0.25, 0.3) is 0 Å². The van der Waals surface area contributed by atoms with E-state index in [2.05, 4.69) is 39.8 Å². The van der Waals surface area contributed by atoms with Crippen LogP contribution in [0.5, 0.6) is 11.5 Å². The Kier molecular flexibility index (Phi) is 5.24.